The predicted molar refractivity (Wildman–Crippen MR) is 94.8 cm³/mol. The van der Waals surface area contributed by atoms with Crippen LogP contribution in [0.5, 0.6) is 23.0 Å². The number of methoxy groups -OCH3 is 3. The Hall–Kier alpha value is -2.40. The Morgan fingerprint density at radius 2 is 1.56 bits per heavy atom. The van der Waals surface area contributed by atoms with Gasteiger partial charge in [-0.05, 0) is 59.4 Å². The van der Waals surface area contributed by atoms with Crippen molar-refractivity contribution >= 4 is 0 Å². The van der Waals surface area contributed by atoms with Crippen LogP contribution in [-0.4, -0.2) is 37.9 Å². The summed E-state index contributed by atoms with van der Waals surface area (Å²) in [6.07, 6.45) is 1.87. The average Bonchev–Trinajstić information content (AvgIpc) is 2.64. The maximum atomic E-state index is 10.1. The molecule has 2 heterocycles. The SMILES string of the molecule is COc1cc2c(cc1O)CC1c3cc(OC)c(OC)cc3CCN1C2. The average molecular weight is 341 g/mol. The molecule has 0 bridgehead atoms. The summed E-state index contributed by atoms with van der Waals surface area (Å²) in [4.78, 5) is 2.49. The lowest BCUT2D eigenvalue weighted by atomic mass is 9.83. The van der Waals surface area contributed by atoms with Gasteiger partial charge in [-0.1, -0.05) is 0 Å². The fourth-order valence-corrected chi connectivity index (χ4v) is 4.09. The molecule has 5 heteroatoms. The van der Waals surface area contributed by atoms with Crippen LogP contribution in [0.25, 0.3) is 0 Å². The lowest BCUT2D eigenvalue weighted by Gasteiger charge is -2.41. The highest BCUT2D eigenvalue weighted by Gasteiger charge is 2.33. The number of benzene rings is 2. The van der Waals surface area contributed by atoms with Crippen molar-refractivity contribution in [2.45, 2.75) is 25.4 Å². The van der Waals surface area contributed by atoms with Crippen molar-refractivity contribution in [3.63, 3.8) is 0 Å². The van der Waals surface area contributed by atoms with Crippen LogP contribution >= 0.6 is 0 Å². The molecule has 5 nitrogen and oxygen atoms in total. The second kappa shape index (κ2) is 6.15. The Balaban J connectivity index is 1.75. The van der Waals surface area contributed by atoms with Crippen LogP contribution in [0.3, 0.4) is 0 Å². The van der Waals surface area contributed by atoms with Crippen LogP contribution in [0.2, 0.25) is 0 Å². The zero-order valence-corrected chi connectivity index (χ0v) is 14.8. The predicted octanol–water partition coefficient (Wildman–Crippen LogP) is 3.07. The Kier molecular flexibility index (Phi) is 3.96. The zero-order chi connectivity index (χ0) is 17.6. The van der Waals surface area contributed by atoms with Crippen LogP contribution in [-0.2, 0) is 19.4 Å². The molecule has 0 fully saturated rings. The summed E-state index contributed by atoms with van der Waals surface area (Å²) >= 11 is 0. The maximum absolute atomic E-state index is 10.1. The number of fused-ring (bicyclic) bond motifs is 4. The third kappa shape index (κ3) is 2.59. The van der Waals surface area contributed by atoms with Gasteiger partial charge in [0.25, 0.3) is 0 Å². The van der Waals surface area contributed by atoms with E-state index in [2.05, 4.69) is 17.0 Å². The van der Waals surface area contributed by atoms with Gasteiger partial charge >= 0.3 is 0 Å². The van der Waals surface area contributed by atoms with Crippen molar-refractivity contribution in [3.8, 4) is 23.0 Å². The minimum absolute atomic E-state index is 0.207. The van der Waals surface area contributed by atoms with Crippen LogP contribution in [0.4, 0.5) is 0 Å². The zero-order valence-electron chi connectivity index (χ0n) is 14.8. The van der Waals surface area contributed by atoms with Gasteiger partial charge in [-0.3, -0.25) is 4.90 Å². The third-order valence-corrected chi connectivity index (χ3v) is 5.40. The number of nitrogens with zero attached hydrogens (tertiary/aromatic N) is 1. The van der Waals surface area contributed by atoms with Gasteiger partial charge in [-0.15, -0.1) is 0 Å². The van der Waals surface area contributed by atoms with E-state index in [0.29, 0.717) is 11.8 Å². The molecule has 2 aliphatic heterocycles. The topological polar surface area (TPSA) is 51.2 Å². The molecule has 25 heavy (non-hydrogen) atoms. The molecule has 0 saturated heterocycles. The molecule has 1 unspecified atom stereocenters. The van der Waals surface area contributed by atoms with Crippen molar-refractivity contribution < 1.29 is 19.3 Å². The first-order chi connectivity index (χ1) is 12.1. The van der Waals surface area contributed by atoms with E-state index in [1.165, 1.54) is 22.3 Å². The van der Waals surface area contributed by atoms with E-state index in [0.717, 1.165) is 37.4 Å². The molecule has 1 N–H and O–H groups in total. The quantitative estimate of drug-likeness (QED) is 0.930. The highest BCUT2D eigenvalue weighted by molar-refractivity contribution is 5.52. The number of phenols is 1. The highest BCUT2D eigenvalue weighted by atomic mass is 16.5. The Bertz CT molecular complexity index is 818. The summed E-state index contributed by atoms with van der Waals surface area (Å²) in [6.45, 7) is 1.88. The first kappa shape index (κ1) is 16.1. The van der Waals surface area contributed by atoms with E-state index in [9.17, 15) is 5.11 Å². The van der Waals surface area contributed by atoms with E-state index >= 15 is 0 Å². The molecular formula is C20H23NO4. The monoisotopic (exact) mass is 341 g/mol. The summed E-state index contributed by atoms with van der Waals surface area (Å²) in [7, 11) is 4.93. The van der Waals surface area contributed by atoms with Crippen LogP contribution in [0.1, 0.15) is 28.3 Å². The first-order valence-corrected chi connectivity index (χ1v) is 8.52. The molecule has 0 radical (unpaired) electrons. The van der Waals surface area contributed by atoms with Gasteiger partial charge in [-0.2, -0.15) is 0 Å². The molecule has 2 aromatic carbocycles. The Morgan fingerprint density at radius 3 is 2.28 bits per heavy atom. The summed E-state index contributed by atoms with van der Waals surface area (Å²) in [6, 6.07) is 8.32. The second-order valence-electron chi connectivity index (χ2n) is 6.64. The number of ether oxygens (including phenoxy) is 3. The number of hydrogen-bond acceptors (Lipinski definition) is 5. The molecule has 0 saturated carbocycles. The normalized spacial score (nSPS) is 18.8. The molecule has 4 rings (SSSR count). The fraction of sp³-hybridized carbons (Fsp3) is 0.400. The summed E-state index contributed by atoms with van der Waals surface area (Å²) < 4.78 is 16.2. The first-order valence-electron chi connectivity index (χ1n) is 8.52. The summed E-state index contributed by atoms with van der Waals surface area (Å²) in [5.41, 5.74) is 5.03. The molecule has 0 amide bonds. The van der Waals surface area contributed by atoms with Crippen LogP contribution in [0.15, 0.2) is 24.3 Å². The molecule has 132 valence electrons. The van der Waals surface area contributed by atoms with Gasteiger partial charge in [0.2, 0.25) is 0 Å². The second-order valence-corrected chi connectivity index (χ2v) is 6.64. The van der Waals surface area contributed by atoms with Crippen LogP contribution < -0.4 is 14.2 Å². The van der Waals surface area contributed by atoms with E-state index in [-0.39, 0.29) is 5.75 Å². The number of aromatic hydroxyl groups is 1. The minimum atomic E-state index is 0.207. The van der Waals surface area contributed by atoms with Crippen LogP contribution in [0, 0.1) is 0 Å². The molecule has 0 spiro atoms. The summed E-state index contributed by atoms with van der Waals surface area (Å²) in [5.74, 6) is 2.30. The van der Waals surface area contributed by atoms with Crippen molar-refractivity contribution in [2.24, 2.45) is 0 Å². The molecule has 0 aliphatic carbocycles. The molecule has 0 aromatic heterocycles. The highest BCUT2D eigenvalue weighted by Crippen LogP contribution is 2.44. The van der Waals surface area contributed by atoms with Gasteiger partial charge in [0.1, 0.15) is 0 Å². The van der Waals surface area contributed by atoms with Gasteiger partial charge in [0, 0.05) is 19.1 Å². The maximum Gasteiger partial charge on any atom is 0.161 e. The number of phenolic OH excluding ortho intramolecular Hbond substituents is 1. The molecule has 2 aliphatic rings. The smallest absolute Gasteiger partial charge is 0.161 e. The van der Waals surface area contributed by atoms with Crippen molar-refractivity contribution in [3.05, 3.63) is 46.5 Å². The molecule has 1 atom stereocenters. The van der Waals surface area contributed by atoms with Gasteiger partial charge < -0.3 is 19.3 Å². The molecular weight excluding hydrogens is 318 g/mol. The molecule has 2 aromatic rings. The fourth-order valence-electron chi connectivity index (χ4n) is 4.09. The van der Waals surface area contributed by atoms with E-state index in [1.807, 2.05) is 12.1 Å². The minimum Gasteiger partial charge on any atom is -0.504 e. The van der Waals surface area contributed by atoms with Crippen molar-refractivity contribution in [1.29, 1.82) is 0 Å². The lowest BCUT2D eigenvalue weighted by molar-refractivity contribution is 0.160. The van der Waals surface area contributed by atoms with E-state index < -0.39 is 0 Å². The largest absolute Gasteiger partial charge is 0.504 e. The Labute approximate surface area is 147 Å². The number of hydrogen-bond donors (Lipinski definition) is 1. The van der Waals surface area contributed by atoms with Gasteiger partial charge in [0.15, 0.2) is 23.0 Å². The van der Waals surface area contributed by atoms with E-state index in [4.69, 9.17) is 14.2 Å². The Morgan fingerprint density at radius 1 is 0.880 bits per heavy atom. The van der Waals surface area contributed by atoms with E-state index in [1.54, 1.807) is 21.3 Å². The summed E-state index contributed by atoms with van der Waals surface area (Å²) in [5, 5.41) is 10.1. The van der Waals surface area contributed by atoms with Crippen molar-refractivity contribution in [2.75, 3.05) is 27.9 Å². The van der Waals surface area contributed by atoms with Gasteiger partial charge in [0.05, 0.1) is 21.3 Å². The lowest BCUT2D eigenvalue weighted by Crippen LogP contribution is -2.39. The number of rotatable bonds is 3. The third-order valence-electron chi connectivity index (χ3n) is 5.40. The van der Waals surface area contributed by atoms with Crippen molar-refractivity contribution in [1.82, 2.24) is 4.90 Å². The standard InChI is InChI=1S/C20H23NO4/c1-23-18-9-14-11-21-5-4-12-8-19(24-2)20(25-3)10-15(12)16(21)6-13(14)7-17(18)22/h7-10,16,22H,4-6,11H2,1-3H3. The van der Waals surface area contributed by atoms with Gasteiger partial charge in [-0.25, -0.2) is 0 Å².